The minimum absolute atomic E-state index is 0.00356. The zero-order valence-corrected chi connectivity index (χ0v) is 10.9. The second-order valence-corrected chi connectivity index (χ2v) is 5.55. The molecule has 4 heteroatoms. The van der Waals surface area contributed by atoms with Crippen molar-refractivity contribution in [2.45, 2.75) is 51.0 Å². The fourth-order valence-electron chi connectivity index (χ4n) is 2.94. The molecule has 0 aromatic rings. The van der Waals surface area contributed by atoms with Gasteiger partial charge in [-0.1, -0.05) is 12.2 Å². The summed E-state index contributed by atoms with van der Waals surface area (Å²) in [6, 6.07) is 0. The molecule has 2 unspecified atom stereocenters. The third-order valence-electron chi connectivity index (χ3n) is 4.20. The molecular formula is C14H21NO3. The molecule has 1 heterocycles. The standard InChI is InChI=1S/C14H21NO3/c1-14(13(17)18)8-4-5-9-15(14)12(16)10-11-6-2-3-7-11/h2,6,11H,3-5,7-10H2,1H3,(H,17,18). The van der Waals surface area contributed by atoms with E-state index in [-0.39, 0.29) is 5.91 Å². The first kappa shape index (κ1) is 13.1. The van der Waals surface area contributed by atoms with Gasteiger partial charge in [0, 0.05) is 13.0 Å². The smallest absolute Gasteiger partial charge is 0.329 e. The van der Waals surface area contributed by atoms with Gasteiger partial charge in [0.1, 0.15) is 5.54 Å². The largest absolute Gasteiger partial charge is 0.480 e. The average molecular weight is 251 g/mol. The van der Waals surface area contributed by atoms with E-state index in [1.165, 1.54) is 0 Å². The summed E-state index contributed by atoms with van der Waals surface area (Å²) in [5.74, 6) is -0.578. The Morgan fingerprint density at radius 1 is 1.44 bits per heavy atom. The normalized spacial score (nSPS) is 31.6. The third-order valence-corrected chi connectivity index (χ3v) is 4.20. The van der Waals surface area contributed by atoms with Crippen LogP contribution in [0.15, 0.2) is 12.2 Å². The van der Waals surface area contributed by atoms with Crippen LogP contribution in [-0.4, -0.2) is 34.0 Å². The summed E-state index contributed by atoms with van der Waals surface area (Å²) in [6.45, 7) is 2.26. The van der Waals surface area contributed by atoms with E-state index in [0.717, 1.165) is 25.7 Å². The molecule has 2 aliphatic rings. The molecule has 0 saturated carbocycles. The number of likely N-dealkylation sites (tertiary alicyclic amines) is 1. The van der Waals surface area contributed by atoms with Crippen LogP contribution in [0.1, 0.15) is 45.4 Å². The first-order chi connectivity index (χ1) is 8.54. The van der Waals surface area contributed by atoms with Crippen LogP contribution in [-0.2, 0) is 9.59 Å². The van der Waals surface area contributed by atoms with E-state index >= 15 is 0 Å². The van der Waals surface area contributed by atoms with Crippen molar-refractivity contribution >= 4 is 11.9 Å². The Balaban J connectivity index is 2.06. The molecular weight excluding hydrogens is 230 g/mol. The van der Waals surface area contributed by atoms with Crippen molar-refractivity contribution in [2.75, 3.05) is 6.54 Å². The number of aliphatic carboxylic acids is 1. The van der Waals surface area contributed by atoms with Gasteiger partial charge in [-0.3, -0.25) is 4.79 Å². The molecule has 0 aromatic heterocycles. The molecule has 0 spiro atoms. The molecule has 18 heavy (non-hydrogen) atoms. The number of carbonyl (C=O) groups is 2. The summed E-state index contributed by atoms with van der Waals surface area (Å²) in [5.41, 5.74) is -1.00. The zero-order valence-electron chi connectivity index (χ0n) is 10.9. The Bertz CT molecular complexity index is 377. The lowest BCUT2D eigenvalue weighted by atomic mass is 9.87. The van der Waals surface area contributed by atoms with E-state index in [9.17, 15) is 14.7 Å². The number of hydrogen-bond acceptors (Lipinski definition) is 2. The van der Waals surface area contributed by atoms with Gasteiger partial charge < -0.3 is 10.0 Å². The Morgan fingerprint density at radius 3 is 2.83 bits per heavy atom. The number of carbonyl (C=O) groups excluding carboxylic acids is 1. The summed E-state index contributed by atoms with van der Waals surface area (Å²) in [6.07, 6.45) is 9.06. The van der Waals surface area contributed by atoms with E-state index in [1.54, 1.807) is 11.8 Å². The van der Waals surface area contributed by atoms with Crippen molar-refractivity contribution in [3.8, 4) is 0 Å². The highest BCUT2D eigenvalue weighted by Gasteiger charge is 2.43. The van der Waals surface area contributed by atoms with Gasteiger partial charge in [-0.15, -0.1) is 0 Å². The van der Waals surface area contributed by atoms with Gasteiger partial charge >= 0.3 is 5.97 Å². The molecule has 0 bridgehead atoms. The fourth-order valence-corrected chi connectivity index (χ4v) is 2.94. The maximum Gasteiger partial charge on any atom is 0.329 e. The van der Waals surface area contributed by atoms with E-state index in [0.29, 0.717) is 25.3 Å². The lowest BCUT2D eigenvalue weighted by Gasteiger charge is -2.42. The predicted molar refractivity (Wildman–Crippen MR) is 68.1 cm³/mol. The van der Waals surface area contributed by atoms with E-state index in [1.807, 2.05) is 0 Å². The molecule has 4 nitrogen and oxygen atoms in total. The van der Waals surface area contributed by atoms with Crippen molar-refractivity contribution in [1.29, 1.82) is 0 Å². The first-order valence-electron chi connectivity index (χ1n) is 6.74. The monoisotopic (exact) mass is 251 g/mol. The van der Waals surface area contributed by atoms with Crippen LogP contribution in [0.5, 0.6) is 0 Å². The molecule has 2 rings (SSSR count). The van der Waals surface area contributed by atoms with Crippen LogP contribution in [0.4, 0.5) is 0 Å². The van der Waals surface area contributed by atoms with Crippen LogP contribution in [0, 0.1) is 5.92 Å². The highest BCUT2D eigenvalue weighted by atomic mass is 16.4. The number of piperidine rings is 1. The minimum Gasteiger partial charge on any atom is -0.480 e. The van der Waals surface area contributed by atoms with Crippen molar-refractivity contribution in [3.63, 3.8) is 0 Å². The number of rotatable bonds is 3. The zero-order chi connectivity index (χ0) is 13.2. The van der Waals surface area contributed by atoms with Crippen LogP contribution >= 0.6 is 0 Å². The Kier molecular flexibility index (Phi) is 3.73. The van der Waals surface area contributed by atoms with Crippen LogP contribution in [0.2, 0.25) is 0 Å². The van der Waals surface area contributed by atoms with Crippen LogP contribution in [0.25, 0.3) is 0 Å². The lowest BCUT2D eigenvalue weighted by Crippen LogP contribution is -2.57. The van der Waals surface area contributed by atoms with Gasteiger partial charge in [-0.2, -0.15) is 0 Å². The number of hydrogen-bond donors (Lipinski definition) is 1. The van der Waals surface area contributed by atoms with Gasteiger partial charge in [0.05, 0.1) is 0 Å². The molecule has 0 aromatic carbocycles. The van der Waals surface area contributed by atoms with Crippen molar-refractivity contribution in [2.24, 2.45) is 5.92 Å². The molecule has 1 N–H and O–H groups in total. The molecule has 1 amide bonds. The molecule has 0 radical (unpaired) electrons. The first-order valence-corrected chi connectivity index (χ1v) is 6.74. The molecule has 2 atom stereocenters. The van der Waals surface area contributed by atoms with Gasteiger partial charge in [-0.25, -0.2) is 4.79 Å². The van der Waals surface area contributed by atoms with Crippen molar-refractivity contribution in [3.05, 3.63) is 12.2 Å². The maximum atomic E-state index is 12.3. The van der Waals surface area contributed by atoms with Gasteiger partial charge in [0.25, 0.3) is 0 Å². The summed E-state index contributed by atoms with van der Waals surface area (Å²) in [4.78, 5) is 25.3. The maximum absolute atomic E-state index is 12.3. The summed E-state index contributed by atoms with van der Waals surface area (Å²) >= 11 is 0. The SMILES string of the molecule is CC1(C(=O)O)CCCCN1C(=O)CC1C=CCC1. The molecule has 1 fully saturated rings. The summed E-state index contributed by atoms with van der Waals surface area (Å²) < 4.78 is 0. The van der Waals surface area contributed by atoms with Gasteiger partial charge in [-0.05, 0) is 44.9 Å². The number of carboxylic acids is 1. The second-order valence-electron chi connectivity index (χ2n) is 5.55. The number of allylic oxidation sites excluding steroid dienone is 2. The Morgan fingerprint density at radius 2 is 2.22 bits per heavy atom. The fraction of sp³-hybridized carbons (Fsp3) is 0.714. The Labute approximate surface area is 108 Å². The van der Waals surface area contributed by atoms with Crippen molar-refractivity contribution < 1.29 is 14.7 Å². The van der Waals surface area contributed by atoms with Crippen LogP contribution < -0.4 is 0 Å². The summed E-state index contributed by atoms with van der Waals surface area (Å²) in [5, 5.41) is 9.37. The number of amides is 1. The number of carboxylic acid groups (broad SMARTS) is 1. The molecule has 100 valence electrons. The third kappa shape index (κ3) is 2.42. The Hall–Kier alpha value is -1.32. The molecule has 1 aliphatic heterocycles. The lowest BCUT2D eigenvalue weighted by molar-refractivity contribution is -0.161. The second kappa shape index (κ2) is 5.12. The van der Waals surface area contributed by atoms with E-state index < -0.39 is 11.5 Å². The van der Waals surface area contributed by atoms with Gasteiger partial charge in [0.15, 0.2) is 0 Å². The summed E-state index contributed by atoms with van der Waals surface area (Å²) in [7, 11) is 0. The molecule has 1 saturated heterocycles. The van der Waals surface area contributed by atoms with E-state index in [2.05, 4.69) is 12.2 Å². The van der Waals surface area contributed by atoms with Crippen LogP contribution in [0.3, 0.4) is 0 Å². The predicted octanol–water partition coefficient (Wildman–Crippen LogP) is 2.20. The highest BCUT2D eigenvalue weighted by molar-refractivity contribution is 5.87. The average Bonchev–Trinajstić information content (AvgIpc) is 2.82. The number of nitrogens with zero attached hydrogens (tertiary/aromatic N) is 1. The van der Waals surface area contributed by atoms with E-state index in [4.69, 9.17) is 0 Å². The quantitative estimate of drug-likeness (QED) is 0.782. The highest BCUT2D eigenvalue weighted by Crippen LogP contribution is 2.30. The topological polar surface area (TPSA) is 57.6 Å². The molecule has 1 aliphatic carbocycles. The van der Waals surface area contributed by atoms with Gasteiger partial charge in [0.2, 0.25) is 5.91 Å². The minimum atomic E-state index is -1.00. The van der Waals surface area contributed by atoms with Crippen molar-refractivity contribution in [1.82, 2.24) is 4.90 Å².